The first kappa shape index (κ1) is 59.6. The van der Waals surface area contributed by atoms with E-state index in [9.17, 15) is 0 Å². The van der Waals surface area contributed by atoms with Crippen molar-refractivity contribution in [2.24, 2.45) is 0 Å². The Hall–Kier alpha value is -13.8. The van der Waals surface area contributed by atoms with Crippen molar-refractivity contribution in [3.05, 3.63) is 343 Å². The highest BCUT2D eigenvalue weighted by molar-refractivity contribution is 6.29. The van der Waals surface area contributed by atoms with E-state index in [1.807, 2.05) is 0 Å². The van der Waals surface area contributed by atoms with Crippen molar-refractivity contribution >= 4 is 170 Å². The molecule has 108 heavy (non-hydrogen) atoms. The first-order chi connectivity index (χ1) is 53.5. The maximum Gasteiger partial charge on any atom is 0.143 e. The zero-order valence-electron chi connectivity index (χ0n) is 58.6. The van der Waals surface area contributed by atoms with Crippen LogP contribution in [0.1, 0.15) is 40.9 Å². The summed E-state index contributed by atoms with van der Waals surface area (Å²) >= 11 is 0. The van der Waals surface area contributed by atoms with Gasteiger partial charge in [-0.25, -0.2) is 0 Å². The molecule has 4 nitrogen and oxygen atoms in total. The molecule has 0 fully saturated rings. The zero-order valence-corrected chi connectivity index (χ0v) is 58.6. The summed E-state index contributed by atoms with van der Waals surface area (Å²) in [4.78, 5) is 0. The van der Waals surface area contributed by atoms with E-state index >= 15 is 0 Å². The quantitative estimate of drug-likeness (QED) is 0.149. The Morgan fingerprint density at radius 3 is 1.26 bits per heavy atom. The summed E-state index contributed by atoms with van der Waals surface area (Å²) in [6.45, 7) is 0. The molecule has 4 aromatic heterocycles. The van der Waals surface area contributed by atoms with Gasteiger partial charge in [0.2, 0.25) is 0 Å². The van der Waals surface area contributed by atoms with E-state index in [4.69, 9.17) is 17.7 Å². The van der Waals surface area contributed by atoms with Gasteiger partial charge in [0.15, 0.2) is 0 Å². The Kier molecular flexibility index (Phi) is 12.6. The number of furan rings is 4. The average molecular weight is 1380 g/mol. The lowest BCUT2D eigenvalue weighted by Gasteiger charge is -2.21. The van der Waals surface area contributed by atoms with E-state index in [1.165, 1.54) is 153 Å². The lowest BCUT2D eigenvalue weighted by atomic mass is 9.83. The molecule has 22 aromatic rings. The molecule has 0 radical (unpaired) electrons. The lowest BCUT2D eigenvalue weighted by molar-refractivity contribution is 0.595. The number of fused-ring (bicyclic) bond motifs is 24. The van der Waals surface area contributed by atoms with Crippen LogP contribution in [0.2, 0.25) is 0 Å². The summed E-state index contributed by atoms with van der Waals surface area (Å²) in [6.07, 6.45) is 10.6. The molecule has 0 saturated carbocycles. The summed E-state index contributed by atoms with van der Waals surface area (Å²) in [6, 6.07) is 114. The van der Waals surface area contributed by atoms with Gasteiger partial charge in [-0.2, -0.15) is 0 Å². The van der Waals surface area contributed by atoms with Gasteiger partial charge < -0.3 is 17.7 Å². The number of hydrogen-bond acceptors (Lipinski definition) is 4. The number of hydrogen-bond donors (Lipinski definition) is 0. The molecule has 0 N–H and O–H groups in total. The van der Waals surface area contributed by atoms with Crippen molar-refractivity contribution in [2.75, 3.05) is 0 Å². The minimum absolute atomic E-state index is 0.855. The predicted octanol–water partition coefficient (Wildman–Crippen LogP) is 29.7. The van der Waals surface area contributed by atoms with Gasteiger partial charge in [-0.15, -0.1) is 0 Å². The lowest BCUT2D eigenvalue weighted by Crippen LogP contribution is -2.01. The van der Waals surface area contributed by atoms with Crippen LogP contribution in [-0.2, 0) is 12.8 Å². The second-order valence-electron chi connectivity index (χ2n) is 29.7. The summed E-state index contributed by atoms with van der Waals surface area (Å²) in [5, 5.41) is 24.7. The van der Waals surface area contributed by atoms with Crippen LogP contribution in [0.3, 0.4) is 0 Å². The Bertz CT molecular complexity index is 7690. The Labute approximate surface area is 619 Å². The van der Waals surface area contributed by atoms with Crippen molar-refractivity contribution in [1.29, 1.82) is 0 Å². The molecule has 0 spiro atoms. The highest BCUT2D eigenvalue weighted by Crippen LogP contribution is 2.51. The molecule has 0 amide bonds. The van der Waals surface area contributed by atoms with Gasteiger partial charge >= 0.3 is 0 Å². The molecular formula is C104H62O4. The number of benzene rings is 18. The van der Waals surface area contributed by atoms with Gasteiger partial charge in [0, 0.05) is 48.7 Å². The van der Waals surface area contributed by atoms with Crippen LogP contribution in [0.5, 0.6) is 0 Å². The standard InChI is InChI=1S/C104H62O4/c1-2-24-69-59(17-1)18-15-34-70(69)63-19-13-22-65(54-63)97-74-25-3-7-29-78(74)100(79-30-8-4-26-75(79)97)68-40-44-89-96(58-68)107-93-52-49-86-84(103(89)93)45-46-85-73-42-38-61(56-94(73)108-104(85)86)60-37-41-72-62(53-60)21-16-35-71(72)64-20-14-23-66(55-64)98-76-27-5-9-31-80(76)99(81-32-10-6-28-77(81)98)67-39-43-88-95(57-67)106-92-51-48-82-83(102(88)92)47-50-91-101(82)87-33-11-12-36-90(87)105-91/h1-10,12-32,34-36,38-40,42-58H,11,33,37,41H2. The maximum atomic E-state index is 7.05. The predicted molar refractivity (Wildman–Crippen MR) is 453 cm³/mol. The van der Waals surface area contributed by atoms with E-state index in [0.717, 1.165) is 125 Å². The first-order valence-corrected chi connectivity index (χ1v) is 37.7. The molecular weight excluding hydrogens is 1310 g/mol. The fourth-order valence-electron chi connectivity index (χ4n) is 19.3. The topological polar surface area (TPSA) is 52.6 Å². The summed E-state index contributed by atoms with van der Waals surface area (Å²) in [7, 11) is 0. The first-order valence-electron chi connectivity index (χ1n) is 37.7. The molecule has 18 aromatic carbocycles. The minimum Gasteiger partial charge on any atom is -0.456 e. The molecule has 2 aliphatic rings. The molecule has 0 atom stereocenters. The summed E-state index contributed by atoms with van der Waals surface area (Å²) in [5.41, 5.74) is 27.1. The van der Waals surface area contributed by atoms with Crippen LogP contribution in [0.15, 0.2) is 333 Å². The normalized spacial score (nSPS) is 13.2. The number of rotatable bonds is 7. The fraction of sp³-hybridized carbons (Fsp3) is 0.0385. The Morgan fingerprint density at radius 2 is 0.648 bits per heavy atom. The van der Waals surface area contributed by atoms with Gasteiger partial charge in [0.05, 0.1) is 0 Å². The van der Waals surface area contributed by atoms with E-state index in [1.54, 1.807) is 0 Å². The number of aryl methyl sites for hydroxylation is 1. The molecule has 0 bridgehead atoms. The average Bonchev–Trinajstić information content (AvgIpc) is 1.45. The molecule has 0 unspecified atom stereocenters. The van der Waals surface area contributed by atoms with E-state index in [0.29, 0.717) is 0 Å². The third-order valence-corrected chi connectivity index (χ3v) is 24.0. The van der Waals surface area contributed by atoms with Crippen molar-refractivity contribution in [2.45, 2.75) is 25.7 Å². The number of allylic oxidation sites excluding steroid dienone is 2. The monoisotopic (exact) mass is 1370 g/mol. The van der Waals surface area contributed by atoms with Gasteiger partial charge in [-0.05, 0) is 282 Å². The Balaban J connectivity index is 0.552. The minimum atomic E-state index is 0.855. The molecule has 4 heterocycles. The highest BCUT2D eigenvalue weighted by Gasteiger charge is 2.26. The third kappa shape index (κ3) is 8.74. The molecule has 2 aliphatic carbocycles. The van der Waals surface area contributed by atoms with Crippen LogP contribution in [-0.4, -0.2) is 0 Å². The largest absolute Gasteiger partial charge is 0.456 e. The van der Waals surface area contributed by atoms with E-state index < -0.39 is 0 Å². The zero-order chi connectivity index (χ0) is 70.4. The molecule has 0 saturated heterocycles. The highest BCUT2D eigenvalue weighted by atomic mass is 16.3. The molecule has 0 aliphatic heterocycles. The van der Waals surface area contributed by atoms with Crippen molar-refractivity contribution in [3.8, 4) is 66.8 Å². The Morgan fingerprint density at radius 1 is 0.231 bits per heavy atom. The summed E-state index contributed by atoms with van der Waals surface area (Å²) in [5.74, 6) is 0.985. The smallest absolute Gasteiger partial charge is 0.143 e. The SMILES string of the molecule is C1=Cc2oc3ccc4c(ccc5oc6cc(-c7c8ccccc8c(-c8cccc(-c9cccc%10c9CCC(c9ccc%11c(c9)oc9c%11ccc%11c9ccc9oc%12cc(-c%13c%14ccccc%14c(-c%14cccc(-c%15cccc%16ccccc%15%16)c%14)c%14ccccc%13%14)ccc%12c9%11)=C%10)c8)c8ccccc78)ccc6c54)c3c2CC1. The van der Waals surface area contributed by atoms with Gasteiger partial charge in [-0.3, -0.25) is 0 Å². The van der Waals surface area contributed by atoms with Crippen molar-refractivity contribution < 1.29 is 17.7 Å². The van der Waals surface area contributed by atoms with Crippen LogP contribution < -0.4 is 0 Å². The van der Waals surface area contributed by atoms with Crippen molar-refractivity contribution in [3.63, 3.8) is 0 Å². The van der Waals surface area contributed by atoms with E-state index in [-0.39, 0.29) is 0 Å². The van der Waals surface area contributed by atoms with Crippen LogP contribution >= 0.6 is 0 Å². The van der Waals surface area contributed by atoms with Crippen molar-refractivity contribution in [1.82, 2.24) is 0 Å². The second-order valence-corrected chi connectivity index (χ2v) is 29.7. The van der Waals surface area contributed by atoms with E-state index in [2.05, 4.69) is 328 Å². The van der Waals surface area contributed by atoms with Gasteiger partial charge in [0.1, 0.15) is 44.8 Å². The fourth-order valence-corrected chi connectivity index (χ4v) is 19.3. The molecule has 502 valence electrons. The van der Waals surface area contributed by atoms with Gasteiger partial charge in [-0.1, -0.05) is 231 Å². The third-order valence-electron chi connectivity index (χ3n) is 24.0. The van der Waals surface area contributed by atoms with Gasteiger partial charge in [0.25, 0.3) is 0 Å². The molecule has 4 heteroatoms. The van der Waals surface area contributed by atoms with Crippen LogP contribution in [0, 0.1) is 0 Å². The molecule has 24 rings (SSSR count). The second kappa shape index (κ2) is 22.9. The van der Waals surface area contributed by atoms with Crippen LogP contribution in [0.25, 0.3) is 237 Å². The maximum absolute atomic E-state index is 7.05. The summed E-state index contributed by atoms with van der Waals surface area (Å²) < 4.78 is 27.1. The van der Waals surface area contributed by atoms with Crippen LogP contribution in [0.4, 0.5) is 0 Å².